The standard InChI is InChI=1S/C28H34F2N6O4S/c1-19-16-20(17-24(31-19)36-12-8-28(29,30)9-13-36)25-32-26(40-33-25)22-3-2-21(34-41(38,39)15-14-37)18-23(22)35-10-6-27(4-5-27)7-11-35/h2-3,16-18,34,37H,4-15H2,1H3. The number of piperidine rings is 2. The van der Waals surface area contributed by atoms with Crippen LogP contribution in [0, 0.1) is 12.3 Å². The zero-order valence-electron chi connectivity index (χ0n) is 22.9. The molecule has 6 rings (SSSR count). The van der Waals surface area contributed by atoms with Crippen molar-refractivity contribution >= 4 is 27.2 Å². The average Bonchev–Trinajstić information content (AvgIpc) is 3.48. The molecule has 2 aliphatic heterocycles. The zero-order chi connectivity index (χ0) is 28.8. The lowest BCUT2D eigenvalue weighted by atomic mass is 9.93. The first kappa shape index (κ1) is 27.8. The molecular weight excluding hydrogens is 554 g/mol. The first-order valence-electron chi connectivity index (χ1n) is 14.0. The van der Waals surface area contributed by atoms with E-state index in [1.807, 2.05) is 17.9 Å². The summed E-state index contributed by atoms with van der Waals surface area (Å²) in [4.78, 5) is 13.3. The quantitative estimate of drug-likeness (QED) is 0.393. The van der Waals surface area contributed by atoms with Gasteiger partial charge in [0.05, 0.1) is 29.3 Å². The van der Waals surface area contributed by atoms with Crippen molar-refractivity contribution in [3.8, 4) is 22.8 Å². The fourth-order valence-electron chi connectivity index (χ4n) is 5.74. The van der Waals surface area contributed by atoms with Gasteiger partial charge in [-0.3, -0.25) is 4.72 Å². The lowest BCUT2D eigenvalue weighted by molar-refractivity contribution is -0.0221. The number of halogens is 2. The summed E-state index contributed by atoms with van der Waals surface area (Å²) in [5.41, 5.74) is 3.71. The number of pyridine rings is 1. The van der Waals surface area contributed by atoms with Gasteiger partial charge in [0, 0.05) is 50.3 Å². The number of nitrogens with one attached hydrogen (secondary N) is 1. The fourth-order valence-corrected chi connectivity index (χ4v) is 6.57. The van der Waals surface area contributed by atoms with Gasteiger partial charge in [0.15, 0.2) is 0 Å². The number of nitrogens with zero attached hydrogens (tertiary/aromatic N) is 5. The zero-order valence-corrected chi connectivity index (χ0v) is 23.8. The highest BCUT2D eigenvalue weighted by Gasteiger charge is 2.44. The summed E-state index contributed by atoms with van der Waals surface area (Å²) in [6.07, 6.45) is 4.24. The molecule has 0 radical (unpaired) electrons. The van der Waals surface area contributed by atoms with Gasteiger partial charge in [-0.25, -0.2) is 22.2 Å². The molecule has 0 unspecified atom stereocenters. The summed E-state index contributed by atoms with van der Waals surface area (Å²) in [6.45, 7) is 3.47. The van der Waals surface area contributed by atoms with Crippen LogP contribution >= 0.6 is 0 Å². The second-order valence-corrected chi connectivity index (χ2v) is 13.3. The second-order valence-electron chi connectivity index (χ2n) is 11.5. The molecule has 2 N–H and O–H groups in total. The van der Waals surface area contributed by atoms with Crippen LogP contribution in [0.25, 0.3) is 22.8 Å². The molecule has 3 aliphatic rings. The molecule has 3 aromatic rings. The highest BCUT2D eigenvalue weighted by Crippen LogP contribution is 2.54. The van der Waals surface area contributed by atoms with E-state index in [0.29, 0.717) is 45.5 Å². The maximum Gasteiger partial charge on any atom is 0.260 e. The molecule has 0 bridgehead atoms. The number of aryl methyl sites for hydroxylation is 1. The van der Waals surface area contributed by atoms with Gasteiger partial charge >= 0.3 is 0 Å². The van der Waals surface area contributed by atoms with E-state index in [9.17, 15) is 17.2 Å². The van der Waals surface area contributed by atoms with Crippen molar-refractivity contribution in [3.63, 3.8) is 0 Å². The first-order valence-corrected chi connectivity index (χ1v) is 15.7. The molecule has 3 fully saturated rings. The Morgan fingerprint density at radius 3 is 2.37 bits per heavy atom. The van der Waals surface area contributed by atoms with Crippen molar-refractivity contribution in [3.05, 3.63) is 36.0 Å². The monoisotopic (exact) mass is 588 g/mol. The number of aliphatic hydroxyl groups is 1. The third-order valence-corrected chi connectivity index (χ3v) is 9.69. The molecule has 1 aliphatic carbocycles. The second kappa shape index (κ2) is 10.5. The molecule has 13 heteroatoms. The van der Waals surface area contributed by atoms with Crippen LogP contribution < -0.4 is 14.5 Å². The third kappa shape index (κ3) is 6.15. The van der Waals surface area contributed by atoms with Gasteiger partial charge in [0.25, 0.3) is 11.8 Å². The number of alkyl halides is 2. The van der Waals surface area contributed by atoms with Crippen LogP contribution in [0.3, 0.4) is 0 Å². The maximum atomic E-state index is 13.7. The Morgan fingerprint density at radius 1 is 0.976 bits per heavy atom. The summed E-state index contributed by atoms with van der Waals surface area (Å²) < 4.78 is 60.3. The van der Waals surface area contributed by atoms with E-state index in [4.69, 9.17) is 9.63 Å². The Kier molecular flexibility index (Phi) is 7.13. The van der Waals surface area contributed by atoms with Crippen molar-refractivity contribution in [1.29, 1.82) is 0 Å². The van der Waals surface area contributed by atoms with E-state index in [2.05, 4.69) is 24.7 Å². The lowest BCUT2D eigenvalue weighted by Gasteiger charge is -2.34. The van der Waals surface area contributed by atoms with Crippen molar-refractivity contribution in [2.24, 2.45) is 5.41 Å². The molecule has 220 valence electrons. The third-order valence-electron chi connectivity index (χ3n) is 8.43. The summed E-state index contributed by atoms with van der Waals surface area (Å²) in [7, 11) is -3.70. The smallest absolute Gasteiger partial charge is 0.260 e. The number of aliphatic hydroxyl groups excluding tert-OH is 1. The largest absolute Gasteiger partial charge is 0.395 e. The molecule has 2 aromatic heterocycles. The van der Waals surface area contributed by atoms with Crippen LogP contribution in [0.15, 0.2) is 34.9 Å². The summed E-state index contributed by atoms with van der Waals surface area (Å²) in [5.74, 6) is -1.80. The average molecular weight is 589 g/mol. The molecule has 1 aromatic carbocycles. The maximum absolute atomic E-state index is 13.7. The number of sulfonamides is 1. The van der Waals surface area contributed by atoms with E-state index in [1.54, 1.807) is 24.3 Å². The van der Waals surface area contributed by atoms with Gasteiger partial charge in [-0.2, -0.15) is 4.98 Å². The number of benzene rings is 1. The Morgan fingerprint density at radius 2 is 1.68 bits per heavy atom. The summed E-state index contributed by atoms with van der Waals surface area (Å²) in [6, 6.07) is 8.81. The van der Waals surface area contributed by atoms with Gasteiger partial charge in [-0.1, -0.05) is 5.16 Å². The molecule has 4 heterocycles. The molecule has 0 amide bonds. The molecule has 10 nitrogen and oxygen atoms in total. The Bertz CT molecular complexity index is 1520. The van der Waals surface area contributed by atoms with Crippen LogP contribution in [0.1, 0.15) is 44.2 Å². The van der Waals surface area contributed by atoms with E-state index in [-0.39, 0.29) is 25.9 Å². The van der Waals surface area contributed by atoms with E-state index in [1.165, 1.54) is 12.8 Å². The Labute approximate surface area is 237 Å². The minimum absolute atomic E-state index is 0.211. The normalized spacial score (nSPS) is 19.9. The van der Waals surface area contributed by atoms with Gasteiger partial charge in [0.1, 0.15) is 5.82 Å². The van der Waals surface area contributed by atoms with Crippen LogP contribution in [0.4, 0.5) is 26.0 Å². The Balaban J connectivity index is 1.30. The molecule has 1 spiro atoms. The van der Waals surface area contributed by atoms with Crippen molar-refractivity contribution in [2.75, 3.05) is 53.1 Å². The first-order chi connectivity index (χ1) is 19.5. The predicted octanol–water partition coefficient (Wildman–Crippen LogP) is 4.46. The number of anilines is 3. The predicted molar refractivity (Wildman–Crippen MR) is 152 cm³/mol. The fraction of sp³-hybridized carbons (Fsp3) is 0.536. The number of hydrogen-bond donors (Lipinski definition) is 2. The summed E-state index contributed by atoms with van der Waals surface area (Å²) >= 11 is 0. The molecule has 41 heavy (non-hydrogen) atoms. The van der Waals surface area contributed by atoms with Gasteiger partial charge in [-0.15, -0.1) is 0 Å². The minimum atomic E-state index is -3.70. The number of hydrogen-bond acceptors (Lipinski definition) is 9. The highest BCUT2D eigenvalue weighted by molar-refractivity contribution is 7.92. The van der Waals surface area contributed by atoms with E-state index in [0.717, 1.165) is 31.6 Å². The van der Waals surface area contributed by atoms with Crippen molar-refractivity contribution in [1.82, 2.24) is 15.1 Å². The van der Waals surface area contributed by atoms with Crippen LogP contribution in [0.2, 0.25) is 0 Å². The highest BCUT2D eigenvalue weighted by atomic mass is 32.2. The molecular formula is C28H34F2N6O4S. The molecule has 2 saturated heterocycles. The topological polar surface area (TPSA) is 125 Å². The number of aromatic nitrogens is 3. The lowest BCUT2D eigenvalue weighted by Crippen LogP contribution is -2.39. The van der Waals surface area contributed by atoms with Gasteiger partial charge in [0.2, 0.25) is 15.8 Å². The van der Waals surface area contributed by atoms with Gasteiger partial charge < -0.3 is 19.4 Å². The van der Waals surface area contributed by atoms with Crippen LogP contribution in [-0.2, 0) is 10.0 Å². The van der Waals surface area contributed by atoms with Crippen LogP contribution in [0.5, 0.6) is 0 Å². The Hall–Kier alpha value is -3.32. The van der Waals surface area contributed by atoms with E-state index < -0.39 is 28.3 Å². The summed E-state index contributed by atoms with van der Waals surface area (Å²) in [5, 5.41) is 13.3. The molecule has 1 saturated carbocycles. The number of rotatable bonds is 8. The van der Waals surface area contributed by atoms with Crippen molar-refractivity contribution in [2.45, 2.75) is 51.4 Å². The minimum Gasteiger partial charge on any atom is -0.395 e. The SMILES string of the molecule is Cc1cc(-c2noc(-c3ccc(NS(=O)(=O)CCO)cc3N3CCC4(CC3)CC4)n2)cc(N2CCC(F)(F)CC2)n1. The van der Waals surface area contributed by atoms with Crippen molar-refractivity contribution < 1.29 is 26.8 Å². The van der Waals surface area contributed by atoms with Gasteiger partial charge in [-0.05, 0) is 68.4 Å². The molecule has 0 atom stereocenters. The van der Waals surface area contributed by atoms with E-state index >= 15 is 0 Å². The van der Waals surface area contributed by atoms with Crippen LogP contribution in [-0.4, -0.2) is 73.1 Å².